The molecule has 0 aliphatic carbocycles. The number of nitrogens with zero attached hydrogens (tertiary/aromatic N) is 2. The summed E-state index contributed by atoms with van der Waals surface area (Å²) < 4.78 is 6.57. The van der Waals surface area contributed by atoms with Crippen molar-refractivity contribution in [2.24, 2.45) is 5.92 Å². The molecular weight excluding hydrogens is 284 g/mol. The molecule has 2 saturated heterocycles. The molecule has 1 amide bonds. The summed E-state index contributed by atoms with van der Waals surface area (Å²) in [6.45, 7) is 2.16. The van der Waals surface area contributed by atoms with Gasteiger partial charge in [-0.25, -0.2) is 4.98 Å². The minimum Gasteiger partial charge on any atom is -0.381 e. The number of benzene rings is 1. The molecule has 0 N–H and O–H groups in total. The van der Waals surface area contributed by atoms with Crippen LogP contribution in [0.25, 0.3) is 10.2 Å². The highest BCUT2D eigenvalue weighted by atomic mass is 32.1. The number of likely N-dealkylation sites (tertiary alicyclic amines) is 1. The minimum atomic E-state index is 0.0555. The Hall–Kier alpha value is -1.46. The summed E-state index contributed by atoms with van der Waals surface area (Å²) in [5, 5.41) is 1.08. The Balaban J connectivity index is 1.62. The van der Waals surface area contributed by atoms with Gasteiger partial charge in [0.05, 0.1) is 28.8 Å². The summed E-state index contributed by atoms with van der Waals surface area (Å²) >= 11 is 1.72. The van der Waals surface area contributed by atoms with Crippen LogP contribution in [0.15, 0.2) is 24.3 Å². The number of para-hydroxylation sites is 1. The molecule has 0 bridgehead atoms. The van der Waals surface area contributed by atoms with Crippen molar-refractivity contribution >= 4 is 27.5 Å². The quantitative estimate of drug-likeness (QED) is 0.856. The SMILES string of the molecule is O=C([C@H]1CCOC1)N1CCC[C@@H]1c1nc2ccccc2s1. The van der Waals surface area contributed by atoms with Crippen LogP contribution >= 0.6 is 11.3 Å². The number of hydrogen-bond acceptors (Lipinski definition) is 4. The summed E-state index contributed by atoms with van der Waals surface area (Å²) in [6.07, 6.45) is 2.96. The van der Waals surface area contributed by atoms with E-state index in [0.717, 1.165) is 42.9 Å². The number of carbonyl (C=O) groups is 1. The van der Waals surface area contributed by atoms with Gasteiger partial charge in [0.2, 0.25) is 5.91 Å². The Labute approximate surface area is 127 Å². The van der Waals surface area contributed by atoms with E-state index in [1.807, 2.05) is 23.1 Å². The second kappa shape index (κ2) is 5.39. The van der Waals surface area contributed by atoms with Gasteiger partial charge < -0.3 is 9.64 Å². The van der Waals surface area contributed by atoms with E-state index in [9.17, 15) is 4.79 Å². The van der Waals surface area contributed by atoms with Crippen molar-refractivity contribution in [1.82, 2.24) is 9.88 Å². The molecule has 2 fully saturated rings. The molecule has 2 aromatic rings. The molecule has 4 nitrogen and oxygen atoms in total. The normalized spacial score (nSPS) is 25.8. The number of hydrogen-bond donors (Lipinski definition) is 0. The van der Waals surface area contributed by atoms with Crippen molar-refractivity contribution in [1.29, 1.82) is 0 Å². The van der Waals surface area contributed by atoms with E-state index in [1.54, 1.807) is 11.3 Å². The fourth-order valence-corrected chi connectivity index (χ4v) is 4.40. The van der Waals surface area contributed by atoms with Crippen molar-refractivity contribution < 1.29 is 9.53 Å². The van der Waals surface area contributed by atoms with Gasteiger partial charge in [0.15, 0.2) is 0 Å². The highest BCUT2D eigenvalue weighted by molar-refractivity contribution is 7.18. The lowest BCUT2D eigenvalue weighted by Gasteiger charge is -2.25. The van der Waals surface area contributed by atoms with Gasteiger partial charge in [-0.05, 0) is 31.4 Å². The first-order valence-corrected chi connectivity index (χ1v) is 8.38. The Morgan fingerprint density at radius 2 is 2.24 bits per heavy atom. The van der Waals surface area contributed by atoms with E-state index in [4.69, 9.17) is 9.72 Å². The van der Waals surface area contributed by atoms with Crippen LogP contribution < -0.4 is 0 Å². The van der Waals surface area contributed by atoms with Gasteiger partial charge in [0.1, 0.15) is 5.01 Å². The summed E-state index contributed by atoms with van der Waals surface area (Å²) in [4.78, 5) is 19.5. The predicted molar refractivity (Wildman–Crippen MR) is 82.2 cm³/mol. The zero-order chi connectivity index (χ0) is 14.2. The molecule has 1 aromatic heterocycles. The van der Waals surface area contributed by atoms with Gasteiger partial charge >= 0.3 is 0 Å². The molecule has 2 aliphatic rings. The molecule has 0 unspecified atom stereocenters. The summed E-state index contributed by atoms with van der Waals surface area (Å²) in [5.74, 6) is 0.314. The fourth-order valence-electron chi connectivity index (χ4n) is 3.28. The van der Waals surface area contributed by atoms with Crippen LogP contribution in [-0.2, 0) is 9.53 Å². The molecule has 4 rings (SSSR count). The average molecular weight is 302 g/mol. The third kappa shape index (κ3) is 2.34. The third-order valence-electron chi connectivity index (χ3n) is 4.41. The van der Waals surface area contributed by atoms with Crippen LogP contribution in [0.5, 0.6) is 0 Å². The van der Waals surface area contributed by atoms with Gasteiger partial charge in [-0.15, -0.1) is 11.3 Å². The van der Waals surface area contributed by atoms with Crippen LogP contribution in [0.1, 0.15) is 30.3 Å². The fraction of sp³-hybridized carbons (Fsp3) is 0.500. The molecule has 3 heterocycles. The highest BCUT2D eigenvalue weighted by Crippen LogP contribution is 2.37. The monoisotopic (exact) mass is 302 g/mol. The molecular formula is C16H18N2O2S. The maximum Gasteiger partial charge on any atom is 0.228 e. The minimum absolute atomic E-state index is 0.0555. The van der Waals surface area contributed by atoms with Gasteiger partial charge in [-0.3, -0.25) is 4.79 Å². The topological polar surface area (TPSA) is 42.4 Å². The van der Waals surface area contributed by atoms with Crippen LogP contribution in [0.2, 0.25) is 0 Å². The lowest BCUT2D eigenvalue weighted by atomic mass is 10.1. The number of amides is 1. The van der Waals surface area contributed by atoms with E-state index in [0.29, 0.717) is 6.61 Å². The molecule has 0 radical (unpaired) electrons. The molecule has 110 valence electrons. The summed E-state index contributed by atoms with van der Waals surface area (Å²) in [6, 6.07) is 8.36. The van der Waals surface area contributed by atoms with Crippen molar-refractivity contribution in [3.63, 3.8) is 0 Å². The van der Waals surface area contributed by atoms with Crippen LogP contribution in [0, 0.1) is 5.92 Å². The average Bonchev–Trinajstić information content (AvgIpc) is 3.24. The second-order valence-electron chi connectivity index (χ2n) is 5.77. The number of carbonyl (C=O) groups excluding carboxylic acids is 1. The standard InChI is InChI=1S/C16H18N2O2S/c19-16(11-7-9-20-10-11)18-8-3-5-13(18)15-17-12-4-1-2-6-14(12)21-15/h1-2,4,6,11,13H,3,5,7-10H2/t11-,13+/m0/s1. The zero-order valence-corrected chi connectivity index (χ0v) is 12.6. The van der Waals surface area contributed by atoms with Crippen molar-refractivity contribution in [2.45, 2.75) is 25.3 Å². The van der Waals surface area contributed by atoms with E-state index in [1.165, 1.54) is 4.70 Å². The number of aromatic nitrogens is 1. The number of thiazole rings is 1. The molecule has 5 heteroatoms. The first-order chi connectivity index (χ1) is 10.3. The largest absolute Gasteiger partial charge is 0.381 e. The molecule has 0 spiro atoms. The third-order valence-corrected chi connectivity index (χ3v) is 5.55. The maximum absolute atomic E-state index is 12.7. The van der Waals surface area contributed by atoms with Gasteiger partial charge in [0.25, 0.3) is 0 Å². The summed E-state index contributed by atoms with van der Waals surface area (Å²) in [5.41, 5.74) is 1.04. The lowest BCUT2D eigenvalue weighted by molar-refractivity contribution is -0.136. The van der Waals surface area contributed by atoms with Gasteiger partial charge in [-0.2, -0.15) is 0 Å². The molecule has 0 saturated carbocycles. The van der Waals surface area contributed by atoms with Crippen molar-refractivity contribution in [3.8, 4) is 0 Å². The Bertz CT molecular complexity index is 630. The lowest BCUT2D eigenvalue weighted by Crippen LogP contribution is -2.36. The molecule has 1 aromatic carbocycles. The van der Waals surface area contributed by atoms with E-state index >= 15 is 0 Å². The number of rotatable bonds is 2. The van der Waals surface area contributed by atoms with E-state index in [2.05, 4.69) is 6.07 Å². The summed E-state index contributed by atoms with van der Waals surface area (Å²) in [7, 11) is 0. The predicted octanol–water partition coefficient (Wildman–Crippen LogP) is 3.00. The Morgan fingerprint density at radius 1 is 1.33 bits per heavy atom. The Morgan fingerprint density at radius 3 is 3.05 bits per heavy atom. The maximum atomic E-state index is 12.7. The van der Waals surface area contributed by atoms with Crippen molar-refractivity contribution in [3.05, 3.63) is 29.3 Å². The van der Waals surface area contributed by atoms with Crippen LogP contribution in [0.4, 0.5) is 0 Å². The zero-order valence-electron chi connectivity index (χ0n) is 11.8. The van der Waals surface area contributed by atoms with Crippen LogP contribution in [0.3, 0.4) is 0 Å². The van der Waals surface area contributed by atoms with Gasteiger partial charge in [0, 0.05) is 13.2 Å². The van der Waals surface area contributed by atoms with E-state index in [-0.39, 0.29) is 17.9 Å². The highest BCUT2D eigenvalue weighted by Gasteiger charge is 2.36. The molecule has 2 atom stereocenters. The number of ether oxygens (including phenoxy) is 1. The van der Waals surface area contributed by atoms with E-state index < -0.39 is 0 Å². The number of fused-ring (bicyclic) bond motifs is 1. The first-order valence-electron chi connectivity index (χ1n) is 7.56. The van der Waals surface area contributed by atoms with Crippen LogP contribution in [-0.4, -0.2) is 35.5 Å². The first kappa shape index (κ1) is 13.2. The van der Waals surface area contributed by atoms with Crippen molar-refractivity contribution in [2.75, 3.05) is 19.8 Å². The smallest absolute Gasteiger partial charge is 0.228 e. The second-order valence-corrected chi connectivity index (χ2v) is 6.83. The van der Waals surface area contributed by atoms with Gasteiger partial charge in [-0.1, -0.05) is 12.1 Å². The molecule has 2 aliphatic heterocycles. The Kier molecular flexibility index (Phi) is 3.39. The molecule has 21 heavy (non-hydrogen) atoms.